The molecule has 2 aliphatic rings. The van der Waals surface area contributed by atoms with Gasteiger partial charge >= 0.3 is 11.9 Å². The van der Waals surface area contributed by atoms with Gasteiger partial charge in [0.25, 0.3) is 0 Å². The fraction of sp³-hybridized carbons (Fsp3) is 0.406. The summed E-state index contributed by atoms with van der Waals surface area (Å²) in [7, 11) is 0. The van der Waals surface area contributed by atoms with Crippen LogP contribution in [0.1, 0.15) is 23.9 Å². The molecule has 2 aliphatic heterocycles. The zero-order valence-electron chi connectivity index (χ0n) is 26.8. The number of aromatic nitrogens is 4. The number of carbonyl (C=O) groups excluding carboxylic acids is 1. The number of carbonyl (C=O) groups is 3. The molecule has 18 heteroatoms. The van der Waals surface area contributed by atoms with Crippen LogP contribution in [0.25, 0.3) is 33.5 Å². The third-order valence-corrected chi connectivity index (χ3v) is 8.48. The lowest BCUT2D eigenvalue weighted by Gasteiger charge is -2.34. The third kappa shape index (κ3) is 7.74. The predicted octanol–water partition coefficient (Wildman–Crippen LogP) is 0.621. The van der Waals surface area contributed by atoms with E-state index in [0.717, 1.165) is 5.69 Å². The molecule has 4 heterocycles. The van der Waals surface area contributed by atoms with Crippen LogP contribution in [0.5, 0.6) is 5.75 Å². The SMILES string of the molecule is CCc1cc(O)c(F)cc1-c1cc(F)c2c(-c3nc4c([nH]3)CCN(C(=O)CN3CCOC(CO)C3)C4)n[nH]c2c1.O=C(O)[C@H](O)[C@@H](O)C(=O)O. The number of carboxylic acid groups (broad SMARTS) is 2. The van der Waals surface area contributed by atoms with Gasteiger partial charge in [-0.25, -0.2) is 23.4 Å². The first-order valence-electron chi connectivity index (χ1n) is 15.6. The number of H-pyrrole nitrogens is 2. The molecule has 50 heavy (non-hydrogen) atoms. The Morgan fingerprint density at radius 1 is 1.06 bits per heavy atom. The average molecular weight is 703 g/mol. The molecule has 1 saturated heterocycles. The Kier molecular flexibility index (Phi) is 11.1. The van der Waals surface area contributed by atoms with Gasteiger partial charge in [0.05, 0.1) is 49.0 Å². The van der Waals surface area contributed by atoms with Gasteiger partial charge in [-0.2, -0.15) is 5.10 Å². The normalized spacial score (nSPS) is 17.5. The number of halogens is 2. The van der Waals surface area contributed by atoms with E-state index in [4.69, 9.17) is 25.2 Å². The number of nitrogens with zero attached hydrogens (tertiary/aromatic N) is 4. The molecule has 0 radical (unpaired) electrons. The lowest BCUT2D eigenvalue weighted by atomic mass is 9.96. The standard InChI is InChI=1S/C28H30F2N6O4.C4H6O6/c1-2-15-9-24(38)19(29)10-18(15)16-7-20(30)26-22(8-16)33-34-27(26)28-31-21-3-4-36(12-23(21)32-28)25(39)13-35-5-6-40-17(11-35)14-37;5-1(3(7)8)2(6)4(9)10/h7-10,17,37-38H,2-6,11-14H2,1H3,(H,31,32)(H,33,34);1-2,5-6H,(H,7,8)(H,9,10)/t;1-,2-/m.1/s1. The van der Waals surface area contributed by atoms with Crippen LogP contribution in [0.4, 0.5) is 8.78 Å². The van der Waals surface area contributed by atoms with E-state index >= 15 is 4.39 Å². The molecule has 0 spiro atoms. The van der Waals surface area contributed by atoms with Gasteiger partial charge in [0.15, 0.2) is 29.6 Å². The maximum atomic E-state index is 15.5. The van der Waals surface area contributed by atoms with E-state index in [1.54, 1.807) is 11.0 Å². The smallest absolute Gasteiger partial charge is 0.335 e. The number of aromatic hydroxyl groups is 1. The molecule has 2 aromatic heterocycles. The molecule has 6 rings (SSSR count). The summed E-state index contributed by atoms with van der Waals surface area (Å²) in [5.41, 5.74) is 4.00. The molecule has 268 valence electrons. The number of ether oxygens (including phenoxy) is 1. The molecule has 3 atom stereocenters. The highest BCUT2D eigenvalue weighted by Gasteiger charge is 2.30. The van der Waals surface area contributed by atoms with Gasteiger partial charge in [-0.05, 0) is 47.4 Å². The number of hydrogen-bond donors (Lipinski definition) is 8. The Balaban J connectivity index is 0.000000425. The Hall–Kier alpha value is -5.01. The summed E-state index contributed by atoms with van der Waals surface area (Å²) in [5.74, 6) is -4.90. The van der Waals surface area contributed by atoms with Gasteiger partial charge in [0.1, 0.15) is 11.5 Å². The van der Waals surface area contributed by atoms with Gasteiger partial charge in [-0.1, -0.05) is 6.92 Å². The number of rotatable bonds is 9. The quantitative estimate of drug-likeness (QED) is 0.119. The van der Waals surface area contributed by atoms with E-state index in [2.05, 4.69) is 20.2 Å². The molecule has 4 aromatic rings. The number of amides is 1. The van der Waals surface area contributed by atoms with Crippen molar-refractivity contribution in [2.45, 2.75) is 44.6 Å². The Labute approximate surface area is 282 Å². The Morgan fingerprint density at radius 2 is 1.78 bits per heavy atom. The van der Waals surface area contributed by atoms with Crippen LogP contribution in [0, 0.1) is 11.6 Å². The molecular weight excluding hydrogens is 666 g/mol. The van der Waals surface area contributed by atoms with E-state index < -0.39 is 41.5 Å². The van der Waals surface area contributed by atoms with Crippen molar-refractivity contribution < 1.29 is 58.5 Å². The second-order valence-electron chi connectivity index (χ2n) is 11.8. The zero-order chi connectivity index (χ0) is 36.3. The lowest BCUT2D eigenvalue weighted by molar-refractivity contribution is -0.165. The van der Waals surface area contributed by atoms with Crippen molar-refractivity contribution in [3.05, 3.63) is 52.9 Å². The summed E-state index contributed by atoms with van der Waals surface area (Å²) >= 11 is 0. The summed E-state index contributed by atoms with van der Waals surface area (Å²) in [6.45, 7) is 4.53. The van der Waals surface area contributed by atoms with Crippen LogP contribution in [-0.2, 0) is 38.5 Å². The molecule has 0 aliphatic carbocycles. The minimum absolute atomic E-state index is 0.0188. The second kappa shape index (κ2) is 15.3. The number of aliphatic hydroxyl groups excluding tert-OH is 3. The molecule has 16 nitrogen and oxygen atoms in total. The van der Waals surface area contributed by atoms with Crippen molar-refractivity contribution >= 4 is 28.7 Å². The molecule has 1 fully saturated rings. The molecule has 0 bridgehead atoms. The van der Waals surface area contributed by atoms with Crippen LogP contribution in [0.3, 0.4) is 0 Å². The number of aromatic amines is 2. The van der Waals surface area contributed by atoms with Gasteiger partial charge in [-0.3, -0.25) is 14.8 Å². The summed E-state index contributed by atoms with van der Waals surface area (Å²) in [4.78, 5) is 44.2. The highest BCUT2D eigenvalue weighted by molar-refractivity contribution is 5.95. The number of imidazole rings is 1. The molecule has 0 saturated carbocycles. The molecular formula is C32H36F2N6O10. The Morgan fingerprint density at radius 3 is 2.44 bits per heavy atom. The first-order chi connectivity index (χ1) is 23.8. The van der Waals surface area contributed by atoms with Crippen molar-refractivity contribution in [2.24, 2.45) is 0 Å². The number of nitrogens with one attached hydrogen (secondary N) is 2. The number of carboxylic acids is 2. The minimum atomic E-state index is -2.27. The monoisotopic (exact) mass is 702 g/mol. The number of aryl methyl sites for hydroxylation is 1. The number of phenols is 1. The van der Waals surface area contributed by atoms with Crippen LogP contribution < -0.4 is 0 Å². The summed E-state index contributed by atoms with van der Waals surface area (Å²) in [5, 5.41) is 59.1. The summed E-state index contributed by atoms with van der Waals surface area (Å²) < 4.78 is 35.1. The predicted molar refractivity (Wildman–Crippen MR) is 170 cm³/mol. The van der Waals surface area contributed by atoms with Gasteiger partial charge in [-0.15, -0.1) is 0 Å². The summed E-state index contributed by atoms with van der Waals surface area (Å²) in [6.07, 6.45) is -3.70. The van der Waals surface area contributed by atoms with E-state index in [0.29, 0.717) is 85.0 Å². The number of phenolic OH excluding ortho intramolecular Hbond substituents is 1. The molecule has 8 N–H and O–H groups in total. The molecule has 1 amide bonds. The number of aliphatic hydroxyl groups is 3. The fourth-order valence-corrected chi connectivity index (χ4v) is 5.81. The fourth-order valence-electron chi connectivity index (χ4n) is 5.81. The maximum Gasteiger partial charge on any atom is 0.335 e. The van der Waals surface area contributed by atoms with E-state index in [1.807, 2.05) is 11.8 Å². The topological polar surface area (TPSA) is 246 Å². The van der Waals surface area contributed by atoms with Crippen LogP contribution in [0.15, 0.2) is 24.3 Å². The highest BCUT2D eigenvalue weighted by Crippen LogP contribution is 2.35. The first kappa shape index (κ1) is 36.3. The number of morpholine rings is 1. The van der Waals surface area contributed by atoms with Crippen molar-refractivity contribution in [1.82, 2.24) is 30.0 Å². The maximum absolute atomic E-state index is 15.5. The van der Waals surface area contributed by atoms with Crippen LogP contribution in [0.2, 0.25) is 0 Å². The van der Waals surface area contributed by atoms with Crippen molar-refractivity contribution in [2.75, 3.05) is 39.4 Å². The van der Waals surface area contributed by atoms with Gasteiger partial charge < -0.3 is 45.3 Å². The lowest BCUT2D eigenvalue weighted by Crippen LogP contribution is -2.49. The van der Waals surface area contributed by atoms with E-state index in [9.17, 15) is 29.0 Å². The average Bonchev–Trinajstić information content (AvgIpc) is 3.73. The van der Waals surface area contributed by atoms with Gasteiger partial charge in [0, 0.05) is 31.7 Å². The van der Waals surface area contributed by atoms with Crippen molar-refractivity contribution in [1.29, 1.82) is 0 Å². The molecule has 1 unspecified atom stereocenters. The number of hydrogen-bond acceptors (Lipinski definition) is 11. The Bertz CT molecular complexity index is 1880. The largest absolute Gasteiger partial charge is 0.505 e. The number of benzene rings is 2. The third-order valence-electron chi connectivity index (χ3n) is 8.48. The van der Waals surface area contributed by atoms with Gasteiger partial charge in [0.2, 0.25) is 5.91 Å². The van der Waals surface area contributed by atoms with E-state index in [-0.39, 0.29) is 30.5 Å². The minimum Gasteiger partial charge on any atom is -0.505 e. The van der Waals surface area contributed by atoms with Crippen LogP contribution in [-0.4, -0.2) is 136 Å². The summed E-state index contributed by atoms with van der Waals surface area (Å²) in [6, 6.07) is 5.61. The van der Waals surface area contributed by atoms with Crippen molar-refractivity contribution in [3.8, 4) is 28.4 Å². The number of fused-ring (bicyclic) bond motifs is 2. The zero-order valence-corrected chi connectivity index (χ0v) is 26.8. The number of aliphatic carboxylic acids is 2. The first-order valence-corrected chi connectivity index (χ1v) is 15.6. The second-order valence-corrected chi connectivity index (χ2v) is 11.8. The van der Waals surface area contributed by atoms with Crippen LogP contribution >= 0.6 is 0 Å². The molecule has 2 aromatic carbocycles. The highest BCUT2D eigenvalue weighted by atomic mass is 19.1. The van der Waals surface area contributed by atoms with Crippen molar-refractivity contribution in [3.63, 3.8) is 0 Å². The van der Waals surface area contributed by atoms with E-state index in [1.165, 1.54) is 18.2 Å².